The molecule has 1 aliphatic heterocycles. The van der Waals surface area contributed by atoms with Gasteiger partial charge in [0.25, 0.3) is 0 Å². The van der Waals surface area contributed by atoms with Gasteiger partial charge < -0.3 is 0 Å². The highest BCUT2D eigenvalue weighted by atomic mass is 35.5. The Morgan fingerprint density at radius 3 is 2.54 bits per heavy atom. The third-order valence-corrected chi connectivity index (χ3v) is 4.32. The second kappa shape index (κ2) is 2.74. The molecule has 0 fully saturated rings. The first kappa shape index (κ1) is 9.06. The second-order valence-corrected chi connectivity index (χ2v) is 5.59. The summed E-state index contributed by atoms with van der Waals surface area (Å²) in [4.78, 5) is 0.224. The molecule has 0 atom stereocenters. The number of sulfone groups is 1. The van der Waals surface area contributed by atoms with Gasteiger partial charge in [-0.2, -0.15) is 0 Å². The summed E-state index contributed by atoms with van der Waals surface area (Å²) in [6.45, 7) is 0. The van der Waals surface area contributed by atoms with Crippen LogP contribution in [-0.2, 0) is 9.84 Å². The normalized spacial score (nSPS) is 18.2. The summed E-state index contributed by atoms with van der Waals surface area (Å²) in [5, 5.41) is 0.497. The van der Waals surface area contributed by atoms with Crippen molar-refractivity contribution in [3.63, 3.8) is 0 Å². The van der Waals surface area contributed by atoms with E-state index in [-0.39, 0.29) is 9.26 Å². The summed E-state index contributed by atoms with van der Waals surface area (Å²) in [6, 6.07) is 4.56. The van der Waals surface area contributed by atoms with Gasteiger partial charge in [0.1, 0.15) is 4.36 Å². The fraction of sp³-hybridized carbons (Fsp3) is 0. The van der Waals surface area contributed by atoms with Gasteiger partial charge in [-0.25, -0.2) is 8.42 Å². The minimum absolute atomic E-state index is 0.148. The average Bonchev–Trinajstić information content (AvgIpc) is 2.23. The molecule has 68 valence electrons. The molecule has 0 spiro atoms. The van der Waals surface area contributed by atoms with Gasteiger partial charge in [0.15, 0.2) is 0 Å². The summed E-state index contributed by atoms with van der Waals surface area (Å²) >= 11 is 11.2. The first-order chi connectivity index (χ1) is 6.01. The van der Waals surface area contributed by atoms with Gasteiger partial charge in [0.05, 0.1) is 4.90 Å². The van der Waals surface area contributed by atoms with Gasteiger partial charge in [0, 0.05) is 5.02 Å². The Hall–Kier alpha value is -0.510. The van der Waals surface area contributed by atoms with E-state index in [1.807, 2.05) is 0 Å². The van der Waals surface area contributed by atoms with Crippen molar-refractivity contribution in [3.05, 3.63) is 33.1 Å². The number of rotatable bonds is 0. The van der Waals surface area contributed by atoms with E-state index in [2.05, 4.69) is 0 Å². The van der Waals surface area contributed by atoms with E-state index >= 15 is 0 Å². The third kappa shape index (κ3) is 1.27. The van der Waals surface area contributed by atoms with E-state index in [0.29, 0.717) is 10.6 Å². The third-order valence-electron chi connectivity index (χ3n) is 1.79. The summed E-state index contributed by atoms with van der Waals surface area (Å²) in [6.07, 6.45) is 1.40. The molecule has 5 heteroatoms. The number of halogens is 2. The molecule has 0 aliphatic carbocycles. The van der Waals surface area contributed by atoms with E-state index in [1.165, 1.54) is 18.2 Å². The molecule has 1 heterocycles. The Balaban J connectivity index is 2.80. The SMILES string of the molecule is O=S1(=O)C(Cl)=Cc2cc(Cl)ccc21. The predicted octanol–water partition coefficient (Wildman–Crippen LogP) is 2.66. The molecule has 2 nitrogen and oxygen atoms in total. The molecule has 1 aliphatic rings. The largest absolute Gasteiger partial charge is 0.218 e. The molecule has 13 heavy (non-hydrogen) atoms. The Morgan fingerprint density at radius 1 is 1.15 bits per heavy atom. The topological polar surface area (TPSA) is 34.1 Å². The predicted molar refractivity (Wildman–Crippen MR) is 52.5 cm³/mol. The maximum Gasteiger partial charge on any atom is 0.217 e. The van der Waals surface area contributed by atoms with Crippen molar-refractivity contribution in [1.29, 1.82) is 0 Å². The zero-order valence-corrected chi connectivity index (χ0v) is 8.62. The lowest BCUT2D eigenvalue weighted by Gasteiger charge is -1.97. The smallest absolute Gasteiger partial charge is 0.217 e. The molecular formula is C8H4Cl2O2S. The van der Waals surface area contributed by atoms with Crippen LogP contribution >= 0.6 is 23.2 Å². The summed E-state index contributed by atoms with van der Waals surface area (Å²) in [7, 11) is -3.43. The zero-order chi connectivity index (χ0) is 9.64. The molecule has 0 aromatic heterocycles. The quantitative estimate of drug-likeness (QED) is 0.692. The van der Waals surface area contributed by atoms with Crippen molar-refractivity contribution in [2.45, 2.75) is 4.90 Å². The highest BCUT2D eigenvalue weighted by Crippen LogP contribution is 2.35. The highest BCUT2D eigenvalue weighted by molar-refractivity contribution is 7.97. The van der Waals surface area contributed by atoms with E-state index < -0.39 is 9.84 Å². The van der Waals surface area contributed by atoms with Crippen molar-refractivity contribution in [2.75, 3.05) is 0 Å². The Morgan fingerprint density at radius 2 is 1.85 bits per heavy atom. The van der Waals surface area contributed by atoms with Gasteiger partial charge in [0.2, 0.25) is 9.84 Å². The molecule has 0 unspecified atom stereocenters. The van der Waals surface area contributed by atoms with Crippen LogP contribution in [0.3, 0.4) is 0 Å². The van der Waals surface area contributed by atoms with Gasteiger partial charge in [-0.1, -0.05) is 23.2 Å². The maximum absolute atomic E-state index is 11.5. The highest BCUT2D eigenvalue weighted by Gasteiger charge is 2.27. The van der Waals surface area contributed by atoms with Gasteiger partial charge in [-0.3, -0.25) is 0 Å². The fourth-order valence-electron chi connectivity index (χ4n) is 1.18. The van der Waals surface area contributed by atoms with Crippen LogP contribution in [0.5, 0.6) is 0 Å². The Labute approximate surface area is 85.7 Å². The van der Waals surface area contributed by atoms with Crippen molar-refractivity contribution in [1.82, 2.24) is 0 Å². The number of benzene rings is 1. The van der Waals surface area contributed by atoms with Crippen molar-refractivity contribution in [3.8, 4) is 0 Å². The number of fused-ring (bicyclic) bond motifs is 1. The molecule has 0 saturated heterocycles. The lowest BCUT2D eigenvalue weighted by Crippen LogP contribution is -1.95. The fourth-order valence-corrected chi connectivity index (χ4v) is 2.90. The molecule has 1 aromatic rings. The maximum atomic E-state index is 11.5. The first-order valence-electron chi connectivity index (χ1n) is 3.43. The molecule has 0 amide bonds. The van der Waals surface area contributed by atoms with Crippen LogP contribution in [0.1, 0.15) is 5.56 Å². The molecule has 0 bridgehead atoms. The standard InChI is InChI=1S/C8H4Cl2O2S/c9-6-1-2-7-5(3-6)4-8(10)13(7,11)12/h1-4H. The van der Waals surface area contributed by atoms with Crippen LogP contribution in [0.2, 0.25) is 5.02 Å². The van der Waals surface area contributed by atoms with Gasteiger partial charge in [-0.15, -0.1) is 0 Å². The molecule has 0 N–H and O–H groups in total. The minimum Gasteiger partial charge on any atom is -0.218 e. The Kier molecular flexibility index (Phi) is 1.91. The second-order valence-electron chi connectivity index (χ2n) is 2.63. The molecular weight excluding hydrogens is 231 g/mol. The number of hydrogen-bond donors (Lipinski definition) is 0. The Bertz CT molecular complexity index is 503. The van der Waals surface area contributed by atoms with Crippen LogP contribution < -0.4 is 0 Å². The molecule has 0 radical (unpaired) electrons. The lowest BCUT2D eigenvalue weighted by molar-refractivity contribution is 0.605. The molecule has 2 rings (SSSR count). The average molecular weight is 235 g/mol. The van der Waals surface area contributed by atoms with Crippen molar-refractivity contribution < 1.29 is 8.42 Å². The van der Waals surface area contributed by atoms with Crippen LogP contribution in [0, 0.1) is 0 Å². The van der Waals surface area contributed by atoms with Crippen LogP contribution in [0.4, 0.5) is 0 Å². The van der Waals surface area contributed by atoms with Crippen molar-refractivity contribution >= 4 is 39.1 Å². The van der Waals surface area contributed by atoms with Crippen LogP contribution in [-0.4, -0.2) is 8.42 Å². The van der Waals surface area contributed by atoms with Gasteiger partial charge in [-0.05, 0) is 29.8 Å². The monoisotopic (exact) mass is 234 g/mol. The van der Waals surface area contributed by atoms with Crippen LogP contribution in [0.25, 0.3) is 6.08 Å². The van der Waals surface area contributed by atoms with E-state index in [4.69, 9.17) is 23.2 Å². The first-order valence-corrected chi connectivity index (χ1v) is 5.67. The van der Waals surface area contributed by atoms with E-state index in [1.54, 1.807) is 6.07 Å². The number of hydrogen-bond acceptors (Lipinski definition) is 2. The molecule has 1 aromatic carbocycles. The van der Waals surface area contributed by atoms with Crippen LogP contribution in [0.15, 0.2) is 27.5 Å². The lowest BCUT2D eigenvalue weighted by atomic mass is 10.2. The van der Waals surface area contributed by atoms with Gasteiger partial charge >= 0.3 is 0 Å². The summed E-state index contributed by atoms with van der Waals surface area (Å²) in [5.74, 6) is 0. The van der Waals surface area contributed by atoms with Crippen molar-refractivity contribution in [2.24, 2.45) is 0 Å². The van der Waals surface area contributed by atoms with E-state index in [9.17, 15) is 8.42 Å². The minimum atomic E-state index is -3.43. The van der Waals surface area contributed by atoms with E-state index in [0.717, 1.165) is 0 Å². The summed E-state index contributed by atoms with van der Waals surface area (Å²) in [5.41, 5.74) is 0.553. The summed E-state index contributed by atoms with van der Waals surface area (Å²) < 4.78 is 22.8. The molecule has 0 saturated carbocycles. The zero-order valence-electron chi connectivity index (χ0n) is 6.29.